The number of nitrogens with zero attached hydrogens (tertiary/aromatic N) is 3. The summed E-state index contributed by atoms with van der Waals surface area (Å²) in [7, 11) is 1.65. The summed E-state index contributed by atoms with van der Waals surface area (Å²) in [6.07, 6.45) is 3.59. The summed E-state index contributed by atoms with van der Waals surface area (Å²) >= 11 is 7.39. The van der Waals surface area contributed by atoms with Crippen LogP contribution < -0.4 is 11.2 Å². The van der Waals surface area contributed by atoms with Crippen LogP contribution in [-0.4, -0.2) is 25.8 Å². The SMILES string of the molecule is Cc1c(-c2cncc(Cl)c2)sc2c1c(=O)n(CCCO)c(=O)n2C. The van der Waals surface area contributed by atoms with Gasteiger partial charge in [0.15, 0.2) is 0 Å². The molecule has 0 bridgehead atoms. The van der Waals surface area contributed by atoms with E-state index in [4.69, 9.17) is 16.7 Å². The van der Waals surface area contributed by atoms with Crippen molar-refractivity contribution in [2.75, 3.05) is 6.61 Å². The molecule has 0 saturated carbocycles. The van der Waals surface area contributed by atoms with Crippen LogP contribution in [-0.2, 0) is 13.6 Å². The molecular formula is C16H16ClN3O3S. The quantitative estimate of drug-likeness (QED) is 0.768. The van der Waals surface area contributed by atoms with E-state index in [-0.39, 0.29) is 24.4 Å². The Hall–Kier alpha value is -1.96. The Morgan fingerprint density at radius 3 is 2.75 bits per heavy atom. The van der Waals surface area contributed by atoms with Gasteiger partial charge in [-0.25, -0.2) is 4.79 Å². The van der Waals surface area contributed by atoms with E-state index in [9.17, 15) is 9.59 Å². The summed E-state index contributed by atoms with van der Waals surface area (Å²) < 4.78 is 2.66. The fourth-order valence-electron chi connectivity index (χ4n) is 2.71. The van der Waals surface area contributed by atoms with Crippen LogP contribution in [0.4, 0.5) is 0 Å². The topological polar surface area (TPSA) is 77.1 Å². The number of hydrogen-bond donors (Lipinski definition) is 1. The first-order valence-corrected chi connectivity index (χ1v) is 8.60. The van der Waals surface area contributed by atoms with Crippen LogP contribution in [0, 0.1) is 6.92 Å². The first-order chi connectivity index (χ1) is 11.5. The molecule has 3 aromatic heterocycles. The van der Waals surface area contributed by atoms with Gasteiger partial charge in [-0.15, -0.1) is 11.3 Å². The lowest BCUT2D eigenvalue weighted by molar-refractivity contribution is 0.277. The van der Waals surface area contributed by atoms with Gasteiger partial charge in [0, 0.05) is 43.0 Å². The van der Waals surface area contributed by atoms with E-state index in [0.717, 1.165) is 16.0 Å². The summed E-state index contributed by atoms with van der Waals surface area (Å²) in [5.74, 6) is 0. The molecule has 126 valence electrons. The predicted molar refractivity (Wildman–Crippen MR) is 96.0 cm³/mol. The van der Waals surface area contributed by atoms with Gasteiger partial charge >= 0.3 is 5.69 Å². The molecule has 8 heteroatoms. The van der Waals surface area contributed by atoms with Crippen molar-refractivity contribution in [2.24, 2.45) is 7.05 Å². The fourth-order valence-corrected chi connectivity index (χ4v) is 4.12. The number of aliphatic hydroxyl groups is 1. The van der Waals surface area contributed by atoms with Gasteiger partial charge in [-0.3, -0.25) is 18.9 Å². The monoisotopic (exact) mass is 365 g/mol. The molecule has 0 aliphatic rings. The van der Waals surface area contributed by atoms with Crippen LogP contribution in [0.15, 0.2) is 28.0 Å². The Kier molecular flexibility index (Phi) is 4.58. The van der Waals surface area contributed by atoms with E-state index in [1.165, 1.54) is 20.5 Å². The first-order valence-electron chi connectivity index (χ1n) is 7.40. The van der Waals surface area contributed by atoms with Crippen LogP contribution in [0.3, 0.4) is 0 Å². The van der Waals surface area contributed by atoms with Gasteiger partial charge in [-0.2, -0.15) is 0 Å². The highest BCUT2D eigenvalue weighted by atomic mass is 35.5. The molecule has 0 unspecified atom stereocenters. The van der Waals surface area contributed by atoms with Crippen LogP contribution in [0.1, 0.15) is 12.0 Å². The second kappa shape index (κ2) is 6.51. The Morgan fingerprint density at radius 1 is 1.33 bits per heavy atom. The molecule has 0 aliphatic heterocycles. The molecule has 3 heterocycles. The van der Waals surface area contributed by atoms with E-state index in [2.05, 4.69) is 4.98 Å². The molecule has 0 atom stereocenters. The van der Waals surface area contributed by atoms with E-state index < -0.39 is 0 Å². The van der Waals surface area contributed by atoms with Crippen molar-refractivity contribution in [3.05, 3.63) is 49.9 Å². The highest BCUT2D eigenvalue weighted by molar-refractivity contribution is 7.22. The third kappa shape index (κ3) is 2.68. The van der Waals surface area contributed by atoms with Crippen molar-refractivity contribution in [3.63, 3.8) is 0 Å². The Labute approximate surface area is 146 Å². The molecule has 0 radical (unpaired) electrons. The van der Waals surface area contributed by atoms with E-state index in [1.54, 1.807) is 25.5 Å². The van der Waals surface area contributed by atoms with Crippen molar-refractivity contribution < 1.29 is 5.11 Å². The normalized spacial score (nSPS) is 11.3. The number of aryl methyl sites for hydroxylation is 2. The third-order valence-corrected chi connectivity index (χ3v) is 5.54. The number of aliphatic hydroxyl groups excluding tert-OH is 1. The molecule has 0 aromatic carbocycles. The molecule has 24 heavy (non-hydrogen) atoms. The highest BCUT2D eigenvalue weighted by Crippen LogP contribution is 2.36. The minimum Gasteiger partial charge on any atom is -0.396 e. The predicted octanol–water partition coefficient (Wildman–Crippen LogP) is 2.17. The van der Waals surface area contributed by atoms with Crippen molar-refractivity contribution in [3.8, 4) is 10.4 Å². The maximum absolute atomic E-state index is 12.8. The average molecular weight is 366 g/mol. The molecule has 0 aliphatic carbocycles. The lowest BCUT2D eigenvalue weighted by Crippen LogP contribution is -2.39. The maximum atomic E-state index is 12.8. The van der Waals surface area contributed by atoms with Crippen molar-refractivity contribution in [1.82, 2.24) is 14.1 Å². The summed E-state index contributed by atoms with van der Waals surface area (Å²) in [4.78, 5) is 30.8. The zero-order chi connectivity index (χ0) is 17.4. The van der Waals surface area contributed by atoms with E-state index >= 15 is 0 Å². The molecule has 0 fully saturated rings. The molecule has 3 aromatic rings. The number of rotatable bonds is 4. The highest BCUT2D eigenvalue weighted by Gasteiger charge is 2.19. The minimum absolute atomic E-state index is 0.0737. The van der Waals surface area contributed by atoms with Crippen molar-refractivity contribution in [1.29, 1.82) is 0 Å². The van der Waals surface area contributed by atoms with Crippen LogP contribution in [0.5, 0.6) is 0 Å². The zero-order valence-electron chi connectivity index (χ0n) is 13.2. The molecule has 6 nitrogen and oxygen atoms in total. The summed E-state index contributed by atoms with van der Waals surface area (Å²) in [6, 6.07) is 1.79. The Morgan fingerprint density at radius 2 is 2.08 bits per heavy atom. The standard InChI is InChI=1S/C16H16ClN3O3S/c1-9-12-14(22)20(4-3-5-21)16(23)19(2)15(12)24-13(9)10-6-11(17)8-18-7-10/h6-8,21H,3-5H2,1-2H3. The average Bonchev–Trinajstić information content (AvgIpc) is 2.90. The Bertz CT molecular complexity index is 1040. The molecule has 0 spiro atoms. The summed E-state index contributed by atoms with van der Waals surface area (Å²) in [5, 5.41) is 10.0. The van der Waals surface area contributed by atoms with Gasteiger partial charge in [0.1, 0.15) is 4.83 Å². The van der Waals surface area contributed by atoms with Gasteiger partial charge in [-0.05, 0) is 25.0 Å². The van der Waals surface area contributed by atoms with Crippen molar-refractivity contribution in [2.45, 2.75) is 19.9 Å². The second-order valence-electron chi connectivity index (χ2n) is 5.50. The number of thiophene rings is 1. The van der Waals surface area contributed by atoms with Crippen LogP contribution >= 0.6 is 22.9 Å². The van der Waals surface area contributed by atoms with Gasteiger partial charge in [0.25, 0.3) is 5.56 Å². The van der Waals surface area contributed by atoms with E-state index in [0.29, 0.717) is 21.7 Å². The second-order valence-corrected chi connectivity index (χ2v) is 6.94. The number of fused-ring (bicyclic) bond motifs is 1. The third-order valence-electron chi connectivity index (χ3n) is 3.92. The van der Waals surface area contributed by atoms with Crippen molar-refractivity contribution >= 4 is 33.2 Å². The Balaban J connectivity index is 2.33. The molecule has 0 amide bonds. The maximum Gasteiger partial charge on any atom is 0.331 e. The number of hydrogen-bond acceptors (Lipinski definition) is 5. The number of pyridine rings is 1. The minimum atomic E-state index is -0.377. The summed E-state index contributed by atoms with van der Waals surface area (Å²) in [6.45, 7) is 1.98. The lowest BCUT2D eigenvalue weighted by atomic mass is 10.1. The zero-order valence-corrected chi connectivity index (χ0v) is 14.8. The first kappa shape index (κ1) is 16.9. The molecule has 1 N–H and O–H groups in total. The smallest absolute Gasteiger partial charge is 0.331 e. The van der Waals surface area contributed by atoms with Gasteiger partial charge in [0.2, 0.25) is 0 Å². The molecular weight excluding hydrogens is 350 g/mol. The molecule has 3 rings (SSSR count). The summed E-state index contributed by atoms with van der Waals surface area (Å²) in [5.41, 5.74) is 0.918. The molecule has 0 saturated heterocycles. The fraction of sp³-hybridized carbons (Fsp3) is 0.312. The van der Waals surface area contributed by atoms with Gasteiger partial charge < -0.3 is 5.11 Å². The largest absolute Gasteiger partial charge is 0.396 e. The van der Waals surface area contributed by atoms with E-state index in [1.807, 2.05) is 6.92 Å². The lowest BCUT2D eigenvalue weighted by Gasteiger charge is -2.07. The number of aromatic nitrogens is 3. The van der Waals surface area contributed by atoms with Gasteiger partial charge in [-0.1, -0.05) is 11.6 Å². The van der Waals surface area contributed by atoms with Crippen LogP contribution in [0.25, 0.3) is 20.7 Å². The van der Waals surface area contributed by atoms with Gasteiger partial charge in [0.05, 0.1) is 10.4 Å². The van der Waals surface area contributed by atoms with Crippen LogP contribution in [0.2, 0.25) is 5.02 Å². The number of halogens is 1.